The second-order valence-corrected chi connectivity index (χ2v) is 4.32. The summed E-state index contributed by atoms with van der Waals surface area (Å²) in [5.74, 6) is -0.378. The summed E-state index contributed by atoms with van der Waals surface area (Å²) in [7, 11) is 3.13. The predicted molar refractivity (Wildman–Crippen MR) is 68.1 cm³/mol. The zero-order valence-corrected chi connectivity index (χ0v) is 11.1. The van der Waals surface area contributed by atoms with Crippen LogP contribution < -0.4 is 0 Å². The van der Waals surface area contributed by atoms with Gasteiger partial charge in [0.05, 0.1) is 18.8 Å². The largest absolute Gasteiger partial charge is 0.453 e. The maximum Gasteiger partial charge on any atom is 0.338 e. The highest BCUT2D eigenvalue weighted by atomic mass is 16.6. The molecule has 0 aromatic heterocycles. The Morgan fingerprint density at radius 1 is 1.11 bits per heavy atom. The quantitative estimate of drug-likeness (QED) is 0.768. The third kappa shape index (κ3) is 3.32. The van der Waals surface area contributed by atoms with Gasteiger partial charge in [-0.2, -0.15) is 0 Å². The van der Waals surface area contributed by atoms with Gasteiger partial charge in [-0.1, -0.05) is 18.2 Å². The molecule has 1 fully saturated rings. The zero-order chi connectivity index (χ0) is 13.7. The third-order valence-corrected chi connectivity index (χ3v) is 3.16. The smallest absolute Gasteiger partial charge is 0.338 e. The van der Waals surface area contributed by atoms with Crippen LogP contribution in [0.25, 0.3) is 0 Å². The average molecular weight is 266 g/mol. The van der Waals surface area contributed by atoms with Crippen LogP contribution in [-0.4, -0.2) is 51.7 Å². The van der Waals surface area contributed by atoms with E-state index in [4.69, 9.17) is 18.9 Å². The maximum absolute atomic E-state index is 12.1. The van der Waals surface area contributed by atoms with Gasteiger partial charge in [0, 0.05) is 14.2 Å². The van der Waals surface area contributed by atoms with E-state index in [2.05, 4.69) is 0 Å². The zero-order valence-electron chi connectivity index (χ0n) is 11.1. The molecule has 1 aromatic rings. The first kappa shape index (κ1) is 14.0. The third-order valence-electron chi connectivity index (χ3n) is 3.16. The summed E-state index contributed by atoms with van der Waals surface area (Å²) in [6.45, 7) is 0.784. The number of carbonyl (C=O) groups is 1. The molecule has 0 spiro atoms. The summed E-state index contributed by atoms with van der Waals surface area (Å²) >= 11 is 0. The molecule has 0 radical (unpaired) electrons. The molecule has 1 aliphatic heterocycles. The van der Waals surface area contributed by atoms with Gasteiger partial charge in [0.2, 0.25) is 0 Å². The first-order valence-electron chi connectivity index (χ1n) is 6.15. The topological polar surface area (TPSA) is 54.0 Å². The van der Waals surface area contributed by atoms with Gasteiger partial charge in [0.1, 0.15) is 12.2 Å². The number of methoxy groups -OCH3 is 2. The first-order chi connectivity index (χ1) is 9.26. The van der Waals surface area contributed by atoms with Gasteiger partial charge >= 0.3 is 5.97 Å². The average Bonchev–Trinajstić information content (AvgIpc) is 2.48. The van der Waals surface area contributed by atoms with Crippen molar-refractivity contribution in [1.82, 2.24) is 0 Å². The molecule has 5 heteroatoms. The van der Waals surface area contributed by atoms with Crippen molar-refractivity contribution in [3.8, 4) is 0 Å². The van der Waals surface area contributed by atoms with Gasteiger partial charge in [-0.25, -0.2) is 4.79 Å². The molecule has 1 saturated heterocycles. The fraction of sp³-hybridized carbons (Fsp3) is 0.500. The fourth-order valence-electron chi connectivity index (χ4n) is 2.05. The molecular formula is C14H18O5. The van der Waals surface area contributed by atoms with Crippen LogP contribution in [0, 0.1) is 0 Å². The van der Waals surface area contributed by atoms with E-state index in [0.717, 1.165) is 0 Å². The van der Waals surface area contributed by atoms with Crippen molar-refractivity contribution in [2.75, 3.05) is 27.4 Å². The monoisotopic (exact) mass is 266 g/mol. The number of hydrogen-bond acceptors (Lipinski definition) is 5. The predicted octanol–water partition coefficient (Wildman–Crippen LogP) is 1.27. The molecule has 0 bridgehead atoms. The molecule has 1 heterocycles. The summed E-state index contributed by atoms with van der Waals surface area (Å²) in [5, 5.41) is 0. The van der Waals surface area contributed by atoms with Crippen LogP contribution in [-0.2, 0) is 18.9 Å². The summed E-state index contributed by atoms with van der Waals surface area (Å²) in [5.41, 5.74) is 0.513. The van der Waals surface area contributed by atoms with Gasteiger partial charge in [-0.15, -0.1) is 0 Å². The number of hydrogen-bond donors (Lipinski definition) is 0. The number of benzene rings is 1. The Hall–Kier alpha value is -1.43. The highest BCUT2D eigenvalue weighted by molar-refractivity contribution is 5.89. The molecule has 1 aliphatic rings. The summed E-state index contributed by atoms with van der Waals surface area (Å²) in [4.78, 5) is 12.1. The van der Waals surface area contributed by atoms with Crippen molar-refractivity contribution in [3.05, 3.63) is 35.9 Å². The lowest BCUT2D eigenvalue weighted by atomic mass is 10.1. The van der Waals surface area contributed by atoms with Gasteiger partial charge in [0.15, 0.2) is 6.10 Å². The molecule has 0 N–H and O–H groups in total. The summed E-state index contributed by atoms with van der Waals surface area (Å²) in [6.07, 6.45) is -1.09. The summed E-state index contributed by atoms with van der Waals surface area (Å²) in [6, 6.07) is 8.86. The SMILES string of the molecule is CO[C@H]1COC[C@H](OC)C1OC(=O)c1ccccc1. The van der Waals surface area contributed by atoms with Crippen LogP contribution in [0.1, 0.15) is 10.4 Å². The Kier molecular flexibility index (Phi) is 4.90. The number of esters is 1. The van der Waals surface area contributed by atoms with Gasteiger partial charge in [-0.3, -0.25) is 0 Å². The van der Waals surface area contributed by atoms with E-state index in [1.54, 1.807) is 38.5 Å². The molecule has 19 heavy (non-hydrogen) atoms. The van der Waals surface area contributed by atoms with E-state index in [0.29, 0.717) is 18.8 Å². The molecule has 2 atom stereocenters. The van der Waals surface area contributed by atoms with Gasteiger partial charge < -0.3 is 18.9 Å². The lowest BCUT2D eigenvalue weighted by molar-refractivity contribution is -0.171. The molecule has 0 unspecified atom stereocenters. The number of ether oxygens (including phenoxy) is 4. The first-order valence-corrected chi connectivity index (χ1v) is 6.15. The standard InChI is InChI=1S/C14H18O5/c1-16-11-8-18-9-12(17-2)13(11)19-14(15)10-6-4-3-5-7-10/h3-7,11-13H,8-9H2,1-2H3/t11-,12-/m0/s1. The molecule has 1 aromatic carbocycles. The number of rotatable bonds is 4. The summed E-state index contributed by atoms with van der Waals surface area (Å²) < 4.78 is 21.4. The Labute approximate surface area is 112 Å². The van der Waals surface area contributed by atoms with Crippen LogP contribution in [0.15, 0.2) is 30.3 Å². The van der Waals surface area contributed by atoms with Gasteiger partial charge in [-0.05, 0) is 12.1 Å². The lowest BCUT2D eigenvalue weighted by Gasteiger charge is -2.35. The van der Waals surface area contributed by atoms with Crippen molar-refractivity contribution in [2.45, 2.75) is 18.3 Å². The van der Waals surface area contributed by atoms with E-state index < -0.39 is 6.10 Å². The fourth-order valence-corrected chi connectivity index (χ4v) is 2.05. The highest BCUT2D eigenvalue weighted by Crippen LogP contribution is 2.19. The van der Waals surface area contributed by atoms with Crippen LogP contribution in [0.2, 0.25) is 0 Å². The van der Waals surface area contributed by atoms with Crippen LogP contribution >= 0.6 is 0 Å². The van der Waals surface area contributed by atoms with Crippen molar-refractivity contribution in [2.24, 2.45) is 0 Å². The van der Waals surface area contributed by atoms with E-state index in [1.807, 2.05) is 6.07 Å². The molecule has 0 saturated carbocycles. The Balaban J connectivity index is 2.07. The Morgan fingerprint density at radius 2 is 1.68 bits per heavy atom. The molecule has 0 amide bonds. The van der Waals surface area contributed by atoms with Crippen molar-refractivity contribution in [3.63, 3.8) is 0 Å². The molecule has 2 rings (SSSR count). The molecular weight excluding hydrogens is 248 g/mol. The second-order valence-electron chi connectivity index (χ2n) is 4.32. The van der Waals surface area contributed by atoms with E-state index in [-0.39, 0.29) is 18.2 Å². The van der Waals surface area contributed by atoms with Gasteiger partial charge in [0.25, 0.3) is 0 Å². The second kappa shape index (κ2) is 6.65. The molecule has 104 valence electrons. The molecule has 0 aliphatic carbocycles. The minimum absolute atomic E-state index is 0.314. The van der Waals surface area contributed by atoms with E-state index in [1.165, 1.54) is 0 Å². The Morgan fingerprint density at radius 3 is 2.21 bits per heavy atom. The van der Waals surface area contributed by atoms with Crippen molar-refractivity contribution in [1.29, 1.82) is 0 Å². The van der Waals surface area contributed by atoms with Crippen molar-refractivity contribution < 1.29 is 23.7 Å². The highest BCUT2D eigenvalue weighted by Gasteiger charge is 2.37. The van der Waals surface area contributed by atoms with E-state index >= 15 is 0 Å². The number of carbonyl (C=O) groups excluding carboxylic acids is 1. The van der Waals surface area contributed by atoms with Crippen LogP contribution in [0.4, 0.5) is 0 Å². The normalized spacial score (nSPS) is 24.1. The van der Waals surface area contributed by atoms with Crippen LogP contribution in [0.5, 0.6) is 0 Å². The lowest BCUT2D eigenvalue weighted by Crippen LogP contribution is -2.51. The van der Waals surface area contributed by atoms with E-state index in [9.17, 15) is 4.79 Å². The minimum Gasteiger partial charge on any atom is -0.453 e. The minimum atomic E-state index is -0.462. The van der Waals surface area contributed by atoms with Crippen LogP contribution in [0.3, 0.4) is 0 Å². The molecule has 5 nitrogen and oxygen atoms in total. The Bertz CT molecular complexity index is 394. The maximum atomic E-state index is 12.1. The van der Waals surface area contributed by atoms with Crippen molar-refractivity contribution >= 4 is 5.97 Å².